The third-order valence-electron chi connectivity index (χ3n) is 2.68. The van der Waals surface area contributed by atoms with Crippen molar-refractivity contribution in [1.82, 2.24) is 9.97 Å². The molecule has 0 spiro atoms. The van der Waals surface area contributed by atoms with E-state index in [0.717, 1.165) is 6.20 Å². The highest BCUT2D eigenvalue weighted by atomic mass is 19.1. The summed E-state index contributed by atoms with van der Waals surface area (Å²) in [6, 6.07) is 4.21. The van der Waals surface area contributed by atoms with Gasteiger partial charge in [0.2, 0.25) is 0 Å². The van der Waals surface area contributed by atoms with Gasteiger partial charge in [-0.1, -0.05) is 10.3 Å². The lowest BCUT2D eigenvalue weighted by Gasteiger charge is -2.21. The van der Waals surface area contributed by atoms with Crippen LogP contribution in [0, 0.1) is 5.82 Å². The van der Waals surface area contributed by atoms with Gasteiger partial charge in [0.15, 0.2) is 5.84 Å². The highest BCUT2D eigenvalue weighted by Crippen LogP contribution is 2.23. The van der Waals surface area contributed by atoms with Crippen molar-refractivity contribution >= 4 is 29.4 Å². The molecule has 98 valence electrons. The maximum Gasteiger partial charge on any atom is 0.188 e. The summed E-state index contributed by atoms with van der Waals surface area (Å²) in [5.41, 5.74) is 6.61. The molecule has 2 heterocycles. The van der Waals surface area contributed by atoms with Crippen molar-refractivity contribution in [1.29, 1.82) is 0 Å². The second-order valence-corrected chi connectivity index (χ2v) is 4.44. The first-order valence-electron chi connectivity index (χ1n) is 5.79. The van der Waals surface area contributed by atoms with Crippen molar-refractivity contribution in [2.45, 2.75) is 5.11 Å². The van der Waals surface area contributed by atoms with Crippen molar-refractivity contribution < 1.29 is 9.60 Å². The van der Waals surface area contributed by atoms with Gasteiger partial charge in [0.25, 0.3) is 0 Å². The van der Waals surface area contributed by atoms with Crippen LogP contribution in [0.25, 0.3) is 11.1 Å². The maximum atomic E-state index is 13.3. The molecule has 5 nitrogen and oxygen atoms in total. The number of nitrogens with zero attached hydrogens (tertiary/aromatic N) is 3. The summed E-state index contributed by atoms with van der Waals surface area (Å²) in [6.45, 7) is 0. The average molecular weight is 276 g/mol. The van der Waals surface area contributed by atoms with Crippen molar-refractivity contribution in [2.24, 2.45) is 10.9 Å². The topological polar surface area (TPSA) is 84.4 Å². The Morgan fingerprint density at radius 1 is 1.19 bits per heavy atom. The number of rotatable bonds is 3. The molecule has 0 aliphatic rings. The number of pyridine rings is 2. The molecule has 6 radical (unpaired) electrons. The van der Waals surface area contributed by atoms with E-state index in [-0.39, 0.29) is 17.2 Å². The van der Waals surface area contributed by atoms with Crippen LogP contribution in [-0.4, -0.2) is 44.5 Å². The van der Waals surface area contributed by atoms with Gasteiger partial charge >= 0.3 is 0 Å². The minimum atomic E-state index is -1.73. The summed E-state index contributed by atoms with van der Waals surface area (Å²) >= 11 is 0. The van der Waals surface area contributed by atoms with Gasteiger partial charge in [-0.2, -0.15) is 0 Å². The monoisotopic (exact) mass is 276 g/mol. The van der Waals surface area contributed by atoms with Crippen LogP contribution in [-0.2, 0) is 5.11 Å². The molecule has 0 atom stereocenters. The molecule has 0 bridgehead atoms. The van der Waals surface area contributed by atoms with E-state index in [0.29, 0.717) is 11.1 Å². The highest BCUT2D eigenvalue weighted by molar-refractivity contribution is 6.58. The second-order valence-electron chi connectivity index (χ2n) is 4.44. The smallest absolute Gasteiger partial charge is 0.188 e. The Labute approximate surface area is 124 Å². The van der Waals surface area contributed by atoms with Crippen LogP contribution in [0.1, 0.15) is 11.4 Å². The zero-order valence-corrected chi connectivity index (χ0v) is 10.9. The minimum Gasteiger partial charge on any atom is -0.409 e. The van der Waals surface area contributed by atoms with Crippen LogP contribution in [0.15, 0.2) is 35.7 Å². The molecular formula is C12H8B3FN4O. The lowest BCUT2D eigenvalue weighted by molar-refractivity contribution is 0.318. The van der Waals surface area contributed by atoms with Gasteiger partial charge in [-0.25, -0.2) is 4.39 Å². The molecule has 3 N–H and O–H groups in total. The quantitative estimate of drug-likeness (QED) is 0.271. The summed E-state index contributed by atoms with van der Waals surface area (Å²) in [7, 11) is 16.8. The normalized spacial score (nSPS) is 12.3. The Kier molecular flexibility index (Phi) is 4.02. The van der Waals surface area contributed by atoms with Gasteiger partial charge in [0.1, 0.15) is 11.5 Å². The SMILES string of the molecule is [B]C([B])([B])c1cc(-c2cncc(F)c2)cc(/C(N)=N/O)n1. The van der Waals surface area contributed by atoms with E-state index >= 15 is 0 Å². The Morgan fingerprint density at radius 2 is 1.90 bits per heavy atom. The van der Waals surface area contributed by atoms with E-state index in [1.54, 1.807) is 0 Å². The van der Waals surface area contributed by atoms with Crippen LogP contribution in [0.3, 0.4) is 0 Å². The van der Waals surface area contributed by atoms with Gasteiger partial charge in [0.05, 0.1) is 29.7 Å². The maximum absolute atomic E-state index is 13.3. The molecule has 0 saturated heterocycles. The van der Waals surface area contributed by atoms with E-state index in [4.69, 9.17) is 34.5 Å². The summed E-state index contributed by atoms with van der Waals surface area (Å²) < 4.78 is 13.3. The second kappa shape index (κ2) is 5.59. The molecule has 0 unspecified atom stereocenters. The van der Waals surface area contributed by atoms with Crippen LogP contribution >= 0.6 is 0 Å². The van der Waals surface area contributed by atoms with Crippen molar-refractivity contribution in [3.05, 3.63) is 47.8 Å². The molecule has 0 fully saturated rings. The fraction of sp³-hybridized carbons (Fsp3) is 0.0833. The number of hydrogen-bond acceptors (Lipinski definition) is 4. The fourth-order valence-corrected chi connectivity index (χ4v) is 1.67. The van der Waals surface area contributed by atoms with E-state index in [9.17, 15) is 4.39 Å². The van der Waals surface area contributed by atoms with Gasteiger partial charge in [0, 0.05) is 17.5 Å². The predicted molar refractivity (Wildman–Crippen MR) is 78.9 cm³/mol. The van der Waals surface area contributed by atoms with E-state index in [2.05, 4.69) is 15.1 Å². The van der Waals surface area contributed by atoms with Crippen LogP contribution in [0.5, 0.6) is 0 Å². The molecule has 9 heteroatoms. The summed E-state index contributed by atoms with van der Waals surface area (Å²) in [6.07, 6.45) is 2.50. The standard InChI is InChI=1S/C12H8B3FN4O/c13-12(14,15)10-3-6(2-9(19-10)11(17)20-21)7-1-8(16)5-18-4-7/h1-5,21H,(H2,17,20). The summed E-state index contributed by atoms with van der Waals surface area (Å²) in [4.78, 5) is 7.77. The Hall–Kier alpha value is -2.31. The lowest BCUT2D eigenvalue weighted by atomic mass is 9.41. The number of nitrogens with two attached hydrogens (primary N) is 1. The Morgan fingerprint density at radius 3 is 2.48 bits per heavy atom. The van der Waals surface area contributed by atoms with Crippen LogP contribution in [0.4, 0.5) is 4.39 Å². The van der Waals surface area contributed by atoms with E-state index < -0.39 is 10.9 Å². The van der Waals surface area contributed by atoms with E-state index in [1.165, 1.54) is 24.4 Å². The van der Waals surface area contributed by atoms with Gasteiger partial charge in [-0.3, -0.25) is 9.97 Å². The zero-order valence-electron chi connectivity index (χ0n) is 10.9. The van der Waals surface area contributed by atoms with Crippen molar-refractivity contribution in [3.8, 4) is 11.1 Å². The van der Waals surface area contributed by atoms with Crippen molar-refractivity contribution in [2.75, 3.05) is 0 Å². The molecule has 21 heavy (non-hydrogen) atoms. The third kappa shape index (κ3) is 3.42. The van der Waals surface area contributed by atoms with Gasteiger partial charge < -0.3 is 10.9 Å². The minimum absolute atomic E-state index is 0.0888. The van der Waals surface area contributed by atoms with Gasteiger partial charge in [-0.15, -0.1) is 0 Å². The number of oxime groups is 1. The van der Waals surface area contributed by atoms with Gasteiger partial charge in [-0.05, 0) is 23.8 Å². The first kappa shape index (κ1) is 15.1. The average Bonchev–Trinajstić information content (AvgIpc) is 2.45. The molecule has 0 amide bonds. The van der Waals surface area contributed by atoms with Crippen LogP contribution in [0.2, 0.25) is 0 Å². The molecule has 0 saturated carbocycles. The Bertz CT molecular complexity index is 703. The van der Waals surface area contributed by atoms with E-state index in [1.807, 2.05) is 0 Å². The molecule has 2 aromatic rings. The van der Waals surface area contributed by atoms with Crippen LogP contribution < -0.4 is 5.73 Å². The summed E-state index contributed by atoms with van der Waals surface area (Å²) in [5, 5.41) is 9.86. The van der Waals surface area contributed by atoms with Crippen molar-refractivity contribution in [3.63, 3.8) is 0 Å². The summed E-state index contributed by atoms with van der Waals surface area (Å²) in [5.74, 6) is -0.776. The molecule has 0 aliphatic carbocycles. The molecule has 0 aromatic carbocycles. The number of hydrogen-bond donors (Lipinski definition) is 2. The third-order valence-corrected chi connectivity index (χ3v) is 2.68. The largest absolute Gasteiger partial charge is 0.409 e. The predicted octanol–water partition coefficient (Wildman–Crippen LogP) is -0.00700. The molecular weight excluding hydrogens is 268 g/mol. The zero-order chi connectivity index (χ0) is 15.6. The number of aromatic nitrogens is 2. The Balaban J connectivity index is 2.66. The number of amidine groups is 1. The highest BCUT2D eigenvalue weighted by Gasteiger charge is 2.18. The first-order chi connectivity index (χ1) is 9.81. The molecule has 0 aliphatic heterocycles. The lowest BCUT2D eigenvalue weighted by Crippen LogP contribution is -2.30. The molecule has 2 aromatic heterocycles. The molecule has 2 rings (SSSR count). The number of halogens is 1. The first-order valence-corrected chi connectivity index (χ1v) is 5.79. The fourth-order valence-electron chi connectivity index (χ4n) is 1.67.